The lowest BCUT2D eigenvalue weighted by Gasteiger charge is -2.10. The van der Waals surface area contributed by atoms with E-state index in [0.717, 1.165) is 7.11 Å². The Bertz CT molecular complexity index is 604. The average molecular weight is 749 g/mol. The molecular weight excluding hydrogens is 710 g/mol. The van der Waals surface area contributed by atoms with Gasteiger partial charge in [0.25, 0.3) is 0 Å². The molecule has 0 rings (SSSR count). The van der Waals surface area contributed by atoms with Crippen molar-refractivity contribution in [3.05, 3.63) is 0 Å². The molecule has 0 radical (unpaired) electrons. The third-order valence-corrected chi connectivity index (χ3v) is 7.75. The molecule has 0 aliphatic heterocycles. The number of rotatable bonds is 14. The summed E-state index contributed by atoms with van der Waals surface area (Å²) >= 11 is 0. The molecule has 0 saturated heterocycles. The molecule has 0 aromatic rings. The second-order valence-corrected chi connectivity index (χ2v) is 13.1. The minimum atomic E-state index is -1.67. The van der Waals surface area contributed by atoms with E-state index in [9.17, 15) is 19.2 Å². The van der Waals surface area contributed by atoms with Crippen LogP contribution < -0.4 is 22.9 Å². The topological polar surface area (TPSA) is 269 Å². The van der Waals surface area contributed by atoms with Crippen molar-refractivity contribution in [1.29, 1.82) is 0 Å². The van der Waals surface area contributed by atoms with Gasteiger partial charge in [-0.3, -0.25) is 19.2 Å². The van der Waals surface area contributed by atoms with E-state index in [1.54, 1.807) is 0 Å². The molecule has 0 heterocycles. The van der Waals surface area contributed by atoms with Crippen molar-refractivity contribution in [2.45, 2.75) is 31.6 Å². The van der Waals surface area contributed by atoms with Crippen LogP contribution in [0.3, 0.4) is 0 Å². The first kappa shape index (κ1) is 55.3. The number of carboxylic acid groups (broad SMARTS) is 2. The van der Waals surface area contributed by atoms with Crippen molar-refractivity contribution in [2.24, 2.45) is 22.9 Å². The predicted molar refractivity (Wildman–Crippen MR) is 170 cm³/mol. The molecule has 0 bridgehead atoms. The maximum Gasteiger partial charge on any atom is 0.323 e. The van der Waals surface area contributed by atoms with Crippen molar-refractivity contribution in [3.63, 3.8) is 0 Å². The Morgan fingerprint density at radius 3 is 1.03 bits per heavy atom. The first-order valence-corrected chi connectivity index (χ1v) is 16.8. The molecule has 0 unspecified atom stereocenters. The Morgan fingerprint density at radius 2 is 0.872 bits per heavy atom. The van der Waals surface area contributed by atoms with Crippen molar-refractivity contribution in [1.82, 2.24) is 0 Å². The minimum Gasteiger partial charge on any atom is -0.480 e. The van der Waals surface area contributed by atoms with Crippen LogP contribution in [0.4, 0.5) is 0 Å². The van der Waals surface area contributed by atoms with Gasteiger partial charge in [0, 0.05) is 51.5 Å². The third kappa shape index (κ3) is 43.0. The summed E-state index contributed by atoms with van der Waals surface area (Å²) in [6.45, 7) is 0. The Balaban J connectivity index is -0.0000000822. The highest BCUT2D eigenvalue weighted by atomic mass is 36.0. The Morgan fingerprint density at radius 1 is 0.692 bits per heavy atom. The minimum absolute atomic E-state index is 0. The van der Waals surface area contributed by atoms with Crippen LogP contribution in [0.1, 0.15) is 7.43 Å². The lowest BCUT2D eigenvalue weighted by atomic mass is 10.4. The number of carbonyl (C=O) groups excluding carboxylic acids is 2. The molecule has 0 saturated carbocycles. The van der Waals surface area contributed by atoms with Crippen molar-refractivity contribution < 1.29 is 48.2 Å². The number of aliphatic carboxylic acids is 2. The summed E-state index contributed by atoms with van der Waals surface area (Å²) in [7, 11) is 16.1. The van der Waals surface area contributed by atoms with Crippen LogP contribution in [0.2, 0.25) is 0 Å². The number of aliphatic hydroxyl groups is 1. The van der Waals surface area contributed by atoms with E-state index >= 15 is 0 Å². The van der Waals surface area contributed by atoms with Crippen LogP contribution in [-0.2, 0) is 37.9 Å². The highest BCUT2D eigenvalue weighted by Gasteiger charge is 2.16. The summed E-state index contributed by atoms with van der Waals surface area (Å²) < 4.78 is 18.0. The zero-order chi connectivity index (χ0) is 29.3. The summed E-state index contributed by atoms with van der Waals surface area (Å²) in [4.78, 5) is 42.4. The maximum absolute atomic E-state index is 10.9. The van der Waals surface area contributed by atoms with Crippen molar-refractivity contribution in [2.75, 3.05) is 44.3 Å². The van der Waals surface area contributed by atoms with E-state index < -0.39 is 57.3 Å². The second-order valence-electron chi connectivity index (χ2n) is 5.47. The summed E-state index contributed by atoms with van der Waals surface area (Å²) in [5.74, 6) is -1.77. The molecule has 0 aliphatic rings. The second kappa shape index (κ2) is 38.4. The highest BCUT2D eigenvalue weighted by Crippen LogP contribution is 2.23. The summed E-state index contributed by atoms with van der Waals surface area (Å²) in [6.07, 6.45) is 0. The Hall–Kier alpha value is 0.390. The van der Waals surface area contributed by atoms with Crippen LogP contribution in [0.5, 0.6) is 0 Å². The fourth-order valence-corrected chi connectivity index (χ4v) is 5.51. The molecule has 39 heavy (non-hydrogen) atoms. The molecule has 0 aromatic heterocycles. The van der Waals surface area contributed by atoms with E-state index in [4.69, 9.17) is 42.5 Å². The van der Waals surface area contributed by atoms with Gasteiger partial charge < -0.3 is 47.7 Å². The molecule has 11 N–H and O–H groups in total. The number of esters is 2. The van der Waals surface area contributed by atoms with E-state index in [-0.39, 0.29) is 43.7 Å². The highest BCUT2D eigenvalue weighted by molar-refractivity contribution is 8.77. The number of aliphatic hydroxyl groups excluding tert-OH is 1. The van der Waals surface area contributed by atoms with Gasteiger partial charge in [0.05, 0.1) is 14.2 Å². The molecule has 4 atom stereocenters. The SMILES string of the molecule is C.CO.COC(=O)[C@@H](N)CSSC[C@H](N)C(=O)OC.Cl.Cl.N[C@@H](CSSC[C@H](N)C(=O)O)C(=O)O.O=S(Cl)Cl. The van der Waals surface area contributed by atoms with Crippen LogP contribution in [0.25, 0.3) is 0 Å². The lowest BCUT2D eigenvalue weighted by molar-refractivity contribution is -0.142. The molecule has 0 aliphatic carbocycles. The standard InChI is InChI=1S/C8H16N2O4S2.C6H12N2O4S2.CH4O.CH4.Cl2OS.2ClH/c1-13-7(11)5(9)3-15-16-4-6(10)8(12)14-2;7-3(5(9)10)1-13-14-2-4(8)6(11)12;1-2;;1-4(2)3;;/h5-6H,3-4,9-10H2,1-2H3;3-4H,1-2,7-8H2,(H,9,10)(H,11,12);2H,1H3;1H4;;2*1H/t5-,6-;3-,4-;;;;;/m00...../s1. The molecule has 23 heteroatoms. The summed E-state index contributed by atoms with van der Waals surface area (Å²) in [6, 6.07) is -3.16. The van der Waals surface area contributed by atoms with Crippen molar-refractivity contribution >= 4 is 122 Å². The van der Waals surface area contributed by atoms with Gasteiger partial charge >= 0.3 is 23.9 Å². The fourth-order valence-electron chi connectivity index (χ4n) is 1.07. The predicted octanol–water partition coefficient (Wildman–Crippen LogP) is 0.691. The van der Waals surface area contributed by atoms with Gasteiger partial charge in [0.2, 0.25) is 9.23 Å². The van der Waals surface area contributed by atoms with Gasteiger partial charge in [-0.1, -0.05) is 50.6 Å². The van der Waals surface area contributed by atoms with Gasteiger partial charge in [-0.15, -0.1) is 24.8 Å². The van der Waals surface area contributed by atoms with Crippen LogP contribution in [-0.4, -0.2) is 112 Å². The summed E-state index contributed by atoms with van der Waals surface area (Å²) in [5.41, 5.74) is 21.4. The number of carbonyl (C=O) groups is 4. The van der Waals surface area contributed by atoms with Gasteiger partial charge in [-0.2, -0.15) is 0 Å². The Labute approximate surface area is 267 Å². The Kier molecular flexibility index (Phi) is 54.5. The van der Waals surface area contributed by atoms with Gasteiger partial charge in [-0.05, 0) is 0 Å². The van der Waals surface area contributed by atoms with Gasteiger partial charge in [-0.25, -0.2) is 4.21 Å². The number of nitrogens with two attached hydrogens (primary N) is 4. The zero-order valence-electron chi connectivity index (χ0n) is 20.3. The van der Waals surface area contributed by atoms with Crippen LogP contribution in [0.15, 0.2) is 0 Å². The van der Waals surface area contributed by atoms with Crippen molar-refractivity contribution in [3.8, 4) is 0 Å². The smallest absolute Gasteiger partial charge is 0.323 e. The number of methoxy groups -OCH3 is 2. The molecular formula is C16H38Cl4N4O10S5. The molecule has 14 nitrogen and oxygen atoms in total. The van der Waals surface area contributed by atoms with Gasteiger partial charge in [0.15, 0.2) is 0 Å². The van der Waals surface area contributed by atoms with Crippen LogP contribution >= 0.6 is 89.4 Å². The zero-order valence-corrected chi connectivity index (χ0v) is 27.5. The third-order valence-electron chi connectivity index (χ3n) is 2.80. The van der Waals surface area contributed by atoms with E-state index in [0.29, 0.717) is 11.5 Å². The monoisotopic (exact) mass is 746 g/mol. The first-order chi connectivity index (χ1) is 16.7. The maximum atomic E-state index is 10.9. The molecule has 0 amide bonds. The van der Waals surface area contributed by atoms with E-state index in [2.05, 4.69) is 30.8 Å². The normalized spacial score (nSPS) is 12.1. The number of hydrogen-bond donors (Lipinski definition) is 7. The largest absolute Gasteiger partial charge is 0.480 e. The van der Waals surface area contributed by atoms with Crippen LogP contribution in [0, 0.1) is 0 Å². The molecule has 0 aromatic carbocycles. The molecule has 0 fully saturated rings. The number of hydrogen-bond acceptors (Lipinski definition) is 16. The quantitative estimate of drug-likeness (QED) is 0.0557. The van der Waals surface area contributed by atoms with Gasteiger partial charge in [0.1, 0.15) is 24.2 Å². The first-order valence-electron chi connectivity index (χ1n) is 9.02. The fraction of sp³-hybridized carbons (Fsp3) is 0.750. The van der Waals surface area contributed by atoms with E-state index in [1.165, 1.54) is 57.4 Å². The van der Waals surface area contributed by atoms with E-state index in [1.807, 2.05) is 0 Å². The molecule has 0 spiro atoms. The number of halogens is 4. The number of carboxylic acids is 2. The summed E-state index contributed by atoms with van der Waals surface area (Å²) in [5, 5.41) is 23.8. The lowest BCUT2D eigenvalue weighted by Crippen LogP contribution is -2.34. The number of ether oxygens (including phenoxy) is 2. The molecule has 240 valence electrons. The average Bonchev–Trinajstić information content (AvgIpc) is 2.83.